The largest absolute Gasteiger partial charge is 0.366 e. The maximum atomic E-state index is 4.48. The molecule has 0 saturated heterocycles. The second kappa shape index (κ2) is 5.05. The van der Waals surface area contributed by atoms with Crippen molar-refractivity contribution in [3.63, 3.8) is 0 Å². The van der Waals surface area contributed by atoms with Gasteiger partial charge in [-0.2, -0.15) is 5.10 Å². The summed E-state index contributed by atoms with van der Waals surface area (Å²) in [6, 6.07) is 2.08. The molecule has 20 heavy (non-hydrogen) atoms. The summed E-state index contributed by atoms with van der Waals surface area (Å²) >= 11 is 0. The van der Waals surface area contributed by atoms with Crippen molar-refractivity contribution in [1.82, 2.24) is 19.5 Å². The van der Waals surface area contributed by atoms with Crippen molar-refractivity contribution in [2.75, 3.05) is 26.0 Å². The van der Waals surface area contributed by atoms with Crippen molar-refractivity contribution < 1.29 is 0 Å². The number of nitrogens with one attached hydrogen (secondary N) is 1. The van der Waals surface area contributed by atoms with Crippen molar-refractivity contribution in [3.05, 3.63) is 24.2 Å². The van der Waals surface area contributed by atoms with E-state index in [0.717, 1.165) is 23.6 Å². The number of anilines is 1. The van der Waals surface area contributed by atoms with Gasteiger partial charge in [0.15, 0.2) is 5.82 Å². The molecule has 0 unspecified atom stereocenters. The van der Waals surface area contributed by atoms with E-state index in [-0.39, 0.29) is 5.54 Å². The number of aryl methyl sites for hydroxylation is 1. The Balaban J connectivity index is 1.83. The highest BCUT2D eigenvalue weighted by atomic mass is 15.2. The third-order valence-electron chi connectivity index (χ3n) is 4.58. The van der Waals surface area contributed by atoms with Crippen LogP contribution in [0.25, 0.3) is 5.52 Å². The van der Waals surface area contributed by atoms with Crippen LogP contribution < -0.4 is 5.32 Å². The minimum atomic E-state index is 0.267. The Morgan fingerprint density at radius 2 is 2.10 bits per heavy atom. The van der Waals surface area contributed by atoms with Crippen molar-refractivity contribution in [2.45, 2.75) is 38.1 Å². The predicted octanol–water partition coefficient (Wildman–Crippen LogP) is 2.32. The van der Waals surface area contributed by atoms with Gasteiger partial charge in [0.1, 0.15) is 5.52 Å². The molecule has 1 aliphatic carbocycles. The Kier molecular flexibility index (Phi) is 3.38. The van der Waals surface area contributed by atoms with Gasteiger partial charge in [-0.25, -0.2) is 9.50 Å². The van der Waals surface area contributed by atoms with Gasteiger partial charge in [0.2, 0.25) is 0 Å². The molecule has 5 nitrogen and oxygen atoms in total. The predicted molar refractivity (Wildman–Crippen MR) is 81.1 cm³/mol. The van der Waals surface area contributed by atoms with Crippen LogP contribution in [0.4, 0.5) is 5.82 Å². The van der Waals surface area contributed by atoms with E-state index >= 15 is 0 Å². The van der Waals surface area contributed by atoms with Crippen LogP contribution in [0.3, 0.4) is 0 Å². The molecular weight excluding hydrogens is 250 g/mol. The average molecular weight is 273 g/mol. The molecule has 5 heteroatoms. The van der Waals surface area contributed by atoms with E-state index in [1.807, 2.05) is 17.6 Å². The number of likely N-dealkylation sites (N-methyl/N-ethyl adjacent to an activating group) is 1. The average Bonchev–Trinajstić information content (AvgIpc) is 3.02. The Morgan fingerprint density at radius 3 is 2.80 bits per heavy atom. The van der Waals surface area contributed by atoms with E-state index in [1.165, 1.54) is 25.7 Å². The first kappa shape index (κ1) is 13.4. The topological polar surface area (TPSA) is 45.5 Å². The molecule has 2 aromatic rings. The molecule has 1 fully saturated rings. The van der Waals surface area contributed by atoms with Crippen molar-refractivity contribution in [1.29, 1.82) is 0 Å². The van der Waals surface area contributed by atoms with Crippen LogP contribution in [0.15, 0.2) is 18.5 Å². The molecule has 108 valence electrons. The van der Waals surface area contributed by atoms with Gasteiger partial charge in [0.25, 0.3) is 0 Å². The Bertz CT molecular complexity index is 595. The fourth-order valence-electron chi connectivity index (χ4n) is 3.24. The fourth-order valence-corrected chi connectivity index (χ4v) is 3.24. The Labute approximate surface area is 120 Å². The second-order valence-corrected chi connectivity index (χ2v) is 6.07. The molecule has 3 rings (SSSR count). The fraction of sp³-hybridized carbons (Fsp3) is 0.600. The van der Waals surface area contributed by atoms with Gasteiger partial charge in [-0.15, -0.1) is 0 Å². The molecule has 0 spiro atoms. The molecule has 1 saturated carbocycles. The molecule has 1 aliphatic rings. The van der Waals surface area contributed by atoms with Gasteiger partial charge in [0.05, 0.1) is 5.69 Å². The van der Waals surface area contributed by atoms with Gasteiger partial charge < -0.3 is 10.2 Å². The van der Waals surface area contributed by atoms with Crippen LogP contribution in [-0.2, 0) is 0 Å². The van der Waals surface area contributed by atoms with Crippen molar-refractivity contribution >= 4 is 11.3 Å². The van der Waals surface area contributed by atoms with Gasteiger partial charge in [-0.1, -0.05) is 12.8 Å². The summed E-state index contributed by atoms with van der Waals surface area (Å²) in [4.78, 5) is 6.85. The summed E-state index contributed by atoms with van der Waals surface area (Å²) in [5, 5.41) is 7.98. The molecule has 0 aliphatic heterocycles. The van der Waals surface area contributed by atoms with Gasteiger partial charge in [-0.05, 0) is 39.9 Å². The van der Waals surface area contributed by atoms with E-state index < -0.39 is 0 Å². The molecule has 0 atom stereocenters. The van der Waals surface area contributed by atoms with E-state index in [9.17, 15) is 0 Å². The van der Waals surface area contributed by atoms with Crippen LogP contribution in [0.2, 0.25) is 0 Å². The number of rotatable bonds is 4. The summed E-state index contributed by atoms with van der Waals surface area (Å²) in [6.45, 7) is 2.95. The second-order valence-electron chi connectivity index (χ2n) is 6.07. The summed E-state index contributed by atoms with van der Waals surface area (Å²) in [7, 11) is 4.37. The minimum absolute atomic E-state index is 0.267. The lowest BCUT2D eigenvalue weighted by Gasteiger charge is -2.36. The first-order valence-electron chi connectivity index (χ1n) is 7.33. The summed E-state index contributed by atoms with van der Waals surface area (Å²) in [5.74, 6) is 0.932. The molecule has 2 aromatic heterocycles. The van der Waals surface area contributed by atoms with E-state index in [1.54, 1.807) is 6.20 Å². The zero-order chi connectivity index (χ0) is 14.2. The van der Waals surface area contributed by atoms with Crippen LogP contribution in [-0.4, -0.2) is 45.7 Å². The van der Waals surface area contributed by atoms with Gasteiger partial charge >= 0.3 is 0 Å². The maximum absolute atomic E-state index is 4.48. The Morgan fingerprint density at radius 1 is 1.35 bits per heavy atom. The number of aromatic nitrogens is 3. The number of hydrogen-bond acceptors (Lipinski definition) is 4. The lowest BCUT2D eigenvalue weighted by Crippen LogP contribution is -2.47. The summed E-state index contributed by atoms with van der Waals surface area (Å²) < 4.78 is 1.89. The Hall–Kier alpha value is -1.62. The number of nitrogens with zero attached hydrogens (tertiary/aromatic N) is 4. The highest BCUT2D eigenvalue weighted by Gasteiger charge is 2.35. The zero-order valence-electron chi connectivity index (χ0n) is 12.6. The molecule has 0 bridgehead atoms. The van der Waals surface area contributed by atoms with Crippen LogP contribution >= 0.6 is 0 Å². The molecule has 2 heterocycles. The summed E-state index contributed by atoms with van der Waals surface area (Å²) in [5.41, 5.74) is 2.34. The molecular formula is C15H23N5. The first-order valence-corrected chi connectivity index (χ1v) is 7.33. The smallest absolute Gasteiger partial charge is 0.152 e. The minimum Gasteiger partial charge on any atom is -0.366 e. The quantitative estimate of drug-likeness (QED) is 0.928. The molecule has 1 N–H and O–H groups in total. The lowest BCUT2D eigenvalue weighted by molar-refractivity contribution is 0.172. The highest BCUT2D eigenvalue weighted by molar-refractivity contribution is 5.67. The van der Waals surface area contributed by atoms with Crippen LogP contribution in [0, 0.1) is 6.92 Å². The number of fused-ring (bicyclic) bond motifs is 1. The monoisotopic (exact) mass is 273 g/mol. The highest BCUT2D eigenvalue weighted by Crippen LogP contribution is 2.34. The molecule has 0 radical (unpaired) electrons. The normalized spacial score (nSPS) is 18.0. The SMILES string of the molecule is Cc1cc2c(NCC3(N(C)C)CCCC3)nccn2n1. The maximum Gasteiger partial charge on any atom is 0.152 e. The molecule has 0 aromatic carbocycles. The zero-order valence-corrected chi connectivity index (χ0v) is 12.6. The lowest BCUT2D eigenvalue weighted by atomic mass is 9.96. The van der Waals surface area contributed by atoms with Gasteiger partial charge in [0, 0.05) is 24.5 Å². The van der Waals surface area contributed by atoms with E-state index in [0.29, 0.717) is 0 Å². The first-order chi connectivity index (χ1) is 9.61. The van der Waals surface area contributed by atoms with Gasteiger partial charge in [-0.3, -0.25) is 0 Å². The number of hydrogen-bond donors (Lipinski definition) is 1. The van der Waals surface area contributed by atoms with Crippen molar-refractivity contribution in [2.24, 2.45) is 0 Å². The van der Waals surface area contributed by atoms with E-state index in [4.69, 9.17) is 0 Å². The third-order valence-corrected chi connectivity index (χ3v) is 4.58. The third kappa shape index (κ3) is 2.26. The summed E-state index contributed by atoms with van der Waals surface area (Å²) in [6.07, 6.45) is 8.86. The van der Waals surface area contributed by atoms with E-state index in [2.05, 4.69) is 40.5 Å². The molecule has 0 amide bonds. The van der Waals surface area contributed by atoms with Crippen molar-refractivity contribution in [3.8, 4) is 0 Å². The van der Waals surface area contributed by atoms with Crippen LogP contribution in [0.1, 0.15) is 31.4 Å². The standard InChI is InChI=1S/C15H23N5/c1-12-10-13-14(16-8-9-20(13)18-12)17-11-15(19(2)3)6-4-5-7-15/h8-10H,4-7,11H2,1-3H3,(H,16,17). The van der Waals surface area contributed by atoms with Crippen LogP contribution in [0.5, 0.6) is 0 Å².